The second-order valence-corrected chi connectivity index (χ2v) is 15.1. The number of benzene rings is 8. The zero-order valence-corrected chi connectivity index (χ0v) is 32.9. The van der Waals surface area contributed by atoms with E-state index in [2.05, 4.69) is 181 Å². The fraction of sp³-hybridized carbons (Fsp3) is 0.192. The van der Waals surface area contributed by atoms with Crippen LogP contribution in [0.5, 0.6) is 0 Å². The molecule has 0 saturated carbocycles. The predicted octanol–water partition coefficient (Wildman–Crippen LogP) is 13.3. The second kappa shape index (κ2) is 15.7. The summed E-state index contributed by atoms with van der Waals surface area (Å²) in [6, 6.07) is 57.6. The summed E-state index contributed by atoms with van der Waals surface area (Å²) < 4.78 is 23.3. The molecule has 2 aliphatic rings. The maximum atomic E-state index is 5.81. The third-order valence-corrected chi connectivity index (χ3v) is 11.6. The topological polar surface area (TPSA) is 43.4 Å². The number of nitrogens with zero attached hydrogens (tertiary/aromatic N) is 2. The highest BCUT2D eigenvalue weighted by Crippen LogP contribution is 2.44. The summed E-state index contributed by atoms with van der Waals surface area (Å²) in [7, 11) is 0. The Balaban J connectivity index is 1.11. The van der Waals surface area contributed by atoms with Gasteiger partial charge >= 0.3 is 0 Å². The predicted molar refractivity (Wildman–Crippen MR) is 236 cm³/mol. The molecule has 2 saturated heterocycles. The summed E-state index contributed by atoms with van der Waals surface area (Å²) in [5, 5.41) is 7.31. The molecule has 0 amide bonds. The smallest absolute Gasteiger partial charge is 0.184 e. The van der Waals surface area contributed by atoms with Gasteiger partial charge in [0.2, 0.25) is 0 Å². The lowest BCUT2D eigenvalue weighted by atomic mass is 9.93. The van der Waals surface area contributed by atoms with Crippen LogP contribution >= 0.6 is 0 Å². The van der Waals surface area contributed by atoms with Crippen LogP contribution in [-0.2, 0) is 31.8 Å². The van der Waals surface area contributed by atoms with Gasteiger partial charge in [-0.15, -0.1) is 0 Å². The van der Waals surface area contributed by atoms with Crippen LogP contribution < -0.4 is 9.80 Å². The average molecular weight is 763 g/mol. The number of rotatable bonds is 10. The van der Waals surface area contributed by atoms with Gasteiger partial charge in [0.25, 0.3) is 0 Å². The number of hydrogen-bond donors (Lipinski definition) is 0. The maximum Gasteiger partial charge on any atom is 0.184 e. The van der Waals surface area contributed by atoms with Gasteiger partial charge in [0, 0.05) is 45.3 Å². The van der Waals surface area contributed by atoms with Crippen molar-refractivity contribution in [1.82, 2.24) is 0 Å². The molecule has 2 aliphatic heterocycles. The second-order valence-electron chi connectivity index (χ2n) is 15.1. The van der Waals surface area contributed by atoms with Crippen LogP contribution in [0.1, 0.15) is 48.7 Å². The first kappa shape index (κ1) is 36.3. The molecule has 2 heterocycles. The minimum Gasteiger partial charge on any atom is -0.346 e. The standard InChI is InChI=1S/C52H46N2O4/c1-3-35-9-7-11-41(31-35)53(39-19-15-37(16-20-39)51-55-27-28-56-51)43-23-25-47-48-26-24-44(34-50(48)46-14-6-5-13-45(46)49(47)33-43)54(42-12-8-10-36(4-2)32-42)40-21-17-38(18-22-40)52-57-29-30-58-52/h5-26,31-34,51-52H,3-4,27-30H2,1-2H3. The third-order valence-electron chi connectivity index (χ3n) is 11.6. The molecule has 0 radical (unpaired) electrons. The lowest BCUT2D eigenvalue weighted by Crippen LogP contribution is -2.11. The van der Waals surface area contributed by atoms with E-state index in [-0.39, 0.29) is 12.6 Å². The molecule has 10 rings (SSSR count). The van der Waals surface area contributed by atoms with E-state index in [4.69, 9.17) is 18.9 Å². The molecule has 6 heteroatoms. The Morgan fingerprint density at radius 2 is 0.724 bits per heavy atom. The monoisotopic (exact) mass is 762 g/mol. The van der Waals surface area contributed by atoms with E-state index in [0.29, 0.717) is 26.4 Å². The van der Waals surface area contributed by atoms with E-state index < -0.39 is 0 Å². The molecule has 2 fully saturated rings. The van der Waals surface area contributed by atoms with Gasteiger partial charge in [0.1, 0.15) is 0 Å². The maximum absolute atomic E-state index is 5.81. The van der Waals surface area contributed by atoms with E-state index in [1.54, 1.807) is 0 Å². The van der Waals surface area contributed by atoms with Crippen LogP contribution in [0.15, 0.2) is 158 Å². The van der Waals surface area contributed by atoms with Gasteiger partial charge in [0.15, 0.2) is 12.6 Å². The zero-order chi connectivity index (χ0) is 39.0. The first-order chi connectivity index (χ1) is 28.6. The number of anilines is 6. The first-order valence-corrected chi connectivity index (χ1v) is 20.5. The highest BCUT2D eigenvalue weighted by Gasteiger charge is 2.22. The molecule has 288 valence electrons. The zero-order valence-electron chi connectivity index (χ0n) is 32.9. The van der Waals surface area contributed by atoms with Crippen LogP contribution in [-0.4, -0.2) is 26.4 Å². The Kier molecular flexibility index (Phi) is 9.85. The Hall–Kier alpha value is -6.02. The van der Waals surface area contributed by atoms with E-state index in [1.807, 2.05) is 0 Å². The molecule has 58 heavy (non-hydrogen) atoms. The van der Waals surface area contributed by atoms with Crippen LogP contribution in [0.25, 0.3) is 32.3 Å². The van der Waals surface area contributed by atoms with Crippen molar-refractivity contribution in [1.29, 1.82) is 0 Å². The van der Waals surface area contributed by atoms with Crippen LogP contribution in [0.4, 0.5) is 34.1 Å². The molecular weight excluding hydrogens is 717 g/mol. The van der Waals surface area contributed by atoms with E-state index >= 15 is 0 Å². The van der Waals surface area contributed by atoms with Crippen molar-refractivity contribution in [3.8, 4) is 0 Å². The molecule has 0 atom stereocenters. The lowest BCUT2D eigenvalue weighted by Gasteiger charge is -2.28. The molecule has 0 aliphatic carbocycles. The number of fused-ring (bicyclic) bond motifs is 6. The van der Waals surface area contributed by atoms with Crippen molar-refractivity contribution >= 4 is 66.4 Å². The summed E-state index contributed by atoms with van der Waals surface area (Å²) >= 11 is 0. The van der Waals surface area contributed by atoms with Gasteiger partial charge in [-0.05, 0) is 129 Å². The number of ether oxygens (including phenoxy) is 4. The van der Waals surface area contributed by atoms with Crippen molar-refractivity contribution in [2.45, 2.75) is 39.3 Å². The van der Waals surface area contributed by atoms with Gasteiger partial charge in [0.05, 0.1) is 26.4 Å². The van der Waals surface area contributed by atoms with E-state index in [1.165, 1.54) is 43.4 Å². The molecule has 0 N–H and O–H groups in total. The molecule has 0 unspecified atom stereocenters. The fourth-order valence-corrected chi connectivity index (χ4v) is 8.60. The van der Waals surface area contributed by atoms with Crippen molar-refractivity contribution in [2.24, 2.45) is 0 Å². The summed E-state index contributed by atoms with van der Waals surface area (Å²) in [6.45, 7) is 6.89. The van der Waals surface area contributed by atoms with Crippen molar-refractivity contribution in [3.05, 3.63) is 180 Å². The Morgan fingerprint density at radius 3 is 1.12 bits per heavy atom. The SMILES string of the molecule is CCc1cccc(N(c2ccc(C3OCCO3)cc2)c2ccc3c4ccc(N(c5ccc(C6OCCO6)cc5)c5cccc(CC)c5)cc4c4ccccc4c3c2)c1. The molecular formula is C52H46N2O4. The fourth-order valence-electron chi connectivity index (χ4n) is 8.60. The largest absolute Gasteiger partial charge is 0.346 e. The Morgan fingerprint density at radius 1 is 0.362 bits per heavy atom. The van der Waals surface area contributed by atoms with Crippen LogP contribution in [0.3, 0.4) is 0 Å². The van der Waals surface area contributed by atoms with Gasteiger partial charge in [-0.2, -0.15) is 0 Å². The minimum absolute atomic E-state index is 0.312. The molecule has 0 bridgehead atoms. The summed E-state index contributed by atoms with van der Waals surface area (Å²) in [6.07, 6.45) is 1.30. The van der Waals surface area contributed by atoms with E-state index in [9.17, 15) is 0 Å². The van der Waals surface area contributed by atoms with Crippen LogP contribution in [0, 0.1) is 0 Å². The lowest BCUT2D eigenvalue weighted by molar-refractivity contribution is -0.0443. The van der Waals surface area contributed by atoms with Crippen molar-refractivity contribution < 1.29 is 18.9 Å². The Labute approximate surface area is 339 Å². The van der Waals surface area contributed by atoms with Crippen molar-refractivity contribution in [3.63, 3.8) is 0 Å². The van der Waals surface area contributed by atoms with Gasteiger partial charge < -0.3 is 28.7 Å². The quantitative estimate of drug-likeness (QED) is 0.129. The highest BCUT2D eigenvalue weighted by atomic mass is 16.7. The van der Waals surface area contributed by atoms with Gasteiger partial charge in [-0.1, -0.05) is 98.8 Å². The van der Waals surface area contributed by atoms with Crippen molar-refractivity contribution in [2.75, 3.05) is 36.2 Å². The van der Waals surface area contributed by atoms with Gasteiger partial charge in [-0.25, -0.2) is 0 Å². The first-order valence-electron chi connectivity index (χ1n) is 20.5. The van der Waals surface area contributed by atoms with Gasteiger partial charge in [-0.3, -0.25) is 0 Å². The number of aryl methyl sites for hydroxylation is 2. The molecule has 6 nitrogen and oxygen atoms in total. The number of hydrogen-bond acceptors (Lipinski definition) is 6. The molecule has 8 aromatic carbocycles. The summed E-state index contributed by atoms with van der Waals surface area (Å²) in [5.74, 6) is 0. The summed E-state index contributed by atoms with van der Waals surface area (Å²) in [5.41, 5.74) is 11.2. The molecule has 8 aromatic rings. The minimum atomic E-state index is -0.312. The Bertz CT molecular complexity index is 2520. The average Bonchev–Trinajstić information content (AvgIpc) is 4.04. The molecule has 0 spiro atoms. The van der Waals surface area contributed by atoms with E-state index in [0.717, 1.165) is 58.1 Å². The molecule has 0 aromatic heterocycles. The third kappa shape index (κ3) is 6.78. The highest BCUT2D eigenvalue weighted by molar-refractivity contribution is 6.26. The normalized spacial score (nSPS) is 14.9. The van der Waals surface area contributed by atoms with Crippen LogP contribution in [0.2, 0.25) is 0 Å². The summed E-state index contributed by atoms with van der Waals surface area (Å²) in [4.78, 5) is 4.72.